The minimum absolute atomic E-state index is 0.134. The summed E-state index contributed by atoms with van der Waals surface area (Å²) in [6.07, 6.45) is 47.5. The van der Waals surface area contributed by atoms with Crippen molar-refractivity contribution >= 4 is 11.8 Å². The predicted octanol–water partition coefficient (Wildman–Crippen LogP) is 12.7. The number of hydrogen-bond donors (Lipinski definition) is 1. The van der Waals surface area contributed by atoms with Crippen LogP contribution in [-0.4, -0.2) is 65.8 Å². The molecule has 1 atom stereocenters. The van der Waals surface area contributed by atoms with Gasteiger partial charge in [0.05, 0.1) is 0 Å². The Morgan fingerprint density at radius 1 is 0.558 bits per heavy atom. The minimum atomic E-state index is -0.400. The number of hydroxylamine groups is 2. The van der Waals surface area contributed by atoms with Crippen molar-refractivity contribution in [2.24, 2.45) is 0 Å². The van der Waals surface area contributed by atoms with Gasteiger partial charge < -0.3 is 9.94 Å². The Hall–Kier alpha value is -2.28. The number of esters is 1. The molecule has 0 aliphatic carbocycles. The van der Waals surface area contributed by atoms with Crippen LogP contribution in [0.4, 0.5) is 0 Å². The quantitative estimate of drug-likeness (QED) is 0.0404. The monoisotopic (exact) mass is 727 g/mol. The van der Waals surface area contributed by atoms with Crippen LogP contribution in [0.2, 0.25) is 0 Å². The van der Waals surface area contributed by atoms with E-state index in [1.807, 2.05) is 0 Å². The number of ether oxygens (including phenoxy) is 1. The molecular formula is C46H82N2O4. The third kappa shape index (κ3) is 32.4. The van der Waals surface area contributed by atoms with Gasteiger partial charge in [0.1, 0.15) is 12.6 Å². The molecule has 0 amide bonds. The fraction of sp³-hybridized carbons (Fsp3) is 0.739. The molecule has 0 bridgehead atoms. The lowest BCUT2D eigenvalue weighted by Crippen LogP contribution is -2.53. The fourth-order valence-corrected chi connectivity index (χ4v) is 6.37. The first-order chi connectivity index (χ1) is 25.6. The predicted molar refractivity (Wildman–Crippen MR) is 224 cm³/mol. The molecule has 0 aromatic carbocycles. The molecule has 52 heavy (non-hydrogen) atoms. The van der Waals surface area contributed by atoms with Gasteiger partial charge in [-0.15, -0.1) is 13.2 Å². The standard InChI is InChI=1S/C44H78N2O4.C2H4/c1-3-5-7-9-11-13-15-17-19-20-22-23-25-27-29-31-33-35-43(47)42(45-37-39-46(49)40-38-45)41-50-44(48)36-34-32-30-28-26-24-21-18-16-14-12-10-8-6-4-2;1-2/h10-13,16-19,42,49H,3-9,14-15,20-41H2,1-2H3;1-2H2/b12-10-,13-11-,18-16-,19-17-;. The molecule has 1 aliphatic rings. The normalized spacial score (nSPS) is 14.8. The van der Waals surface area contributed by atoms with Gasteiger partial charge in [0.2, 0.25) is 0 Å². The van der Waals surface area contributed by atoms with Crippen LogP contribution >= 0.6 is 0 Å². The second-order valence-corrected chi connectivity index (χ2v) is 14.3. The topological polar surface area (TPSA) is 70.1 Å². The zero-order valence-electron chi connectivity index (χ0n) is 34.1. The average Bonchev–Trinajstić information content (AvgIpc) is 3.16. The number of carbonyl (C=O) groups is 2. The van der Waals surface area contributed by atoms with E-state index in [1.54, 1.807) is 0 Å². The summed E-state index contributed by atoms with van der Waals surface area (Å²) in [5.74, 6) is -0.0207. The maximum atomic E-state index is 13.3. The largest absolute Gasteiger partial charge is 0.464 e. The number of Topliss-reactive ketones (excluding diaryl/α,β-unsaturated/α-hetero) is 1. The van der Waals surface area contributed by atoms with Crippen molar-refractivity contribution in [2.75, 3.05) is 32.8 Å². The lowest BCUT2D eigenvalue weighted by Gasteiger charge is -2.36. The van der Waals surface area contributed by atoms with Gasteiger partial charge in [-0.3, -0.25) is 14.5 Å². The molecule has 1 aliphatic heterocycles. The summed E-state index contributed by atoms with van der Waals surface area (Å²) in [5, 5.41) is 11.1. The van der Waals surface area contributed by atoms with Crippen LogP contribution in [0.5, 0.6) is 0 Å². The summed E-state index contributed by atoms with van der Waals surface area (Å²) in [4.78, 5) is 27.9. The van der Waals surface area contributed by atoms with E-state index in [2.05, 4.69) is 80.5 Å². The van der Waals surface area contributed by atoms with Gasteiger partial charge in [-0.25, -0.2) is 0 Å². The van der Waals surface area contributed by atoms with Crippen molar-refractivity contribution < 1.29 is 19.5 Å². The van der Waals surface area contributed by atoms with Gasteiger partial charge in [-0.2, -0.15) is 5.06 Å². The Labute approximate surface area is 321 Å². The van der Waals surface area contributed by atoms with Crippen molar-refractivity contribution in [2.45, 2.75) is 187 Å². The lowest BCUT2D eigenvalue weighted by molar-refractivity contribution is -0.152. The van der Waals surface area contributed by atoms with Gasteiger partial charge in [-0.1, -0.05) is 146 Å². The summed E-state index contributed by atoms with van der Waals surface area (Å²) >= 11 is 0. The Kier molecular flexibility index (Phi) is 38.2. The number of rotatable bonds is 34. The van der Waals surface area contributed by atoms with Crippen molar-refractivity contribution in [1.82, 2.24) is 9.96 Å². The molecule has 1 rings (SSSR count). The van der Waals surface area contributed by atoms with Crippen LogP contribution in [0.15, 0.2) is 61.8 Å². The maximum absolute atomic E-state index is 13.3. The van der Waals surface area contributed by atoms with Crippen LogP contribution in [0.3, 0.4) is 0 Å². The molecule has 1 heterocycles. The van der Waals surface area contributed by atoms with E-state index in [1.165, 1.54) is 108 Å². The number of allylic oxidation sites excluding steroid dienone is 8. The Morgan fingerprint density at radius 2 is 0.962 bits per heavy atom. The van der Waals surface area contributed by atoms with E-state index in [0.29, 0.717) is 39.0 Å². The summed E-state index contributed by atoms with van der Waals surface area (Å²) in [6, 6.07) is -0.400. The molecule has 0 aromatic rings. The van der Waals surface area contributed by atoms with E-state index >= 15 is 0 Å². The Morgan fingerprint density at radius 3 is 1.44 bits per heavy atom. The summed E-state index contributed by atoms with van der Waals surface area (Å²) in [7, 11) is 0. The molecule has 1 fully saturated rings. The Bertz CT molecular complexity index is 919. The number of nitrogens with zero attached hydrogens (tertiary/aromatic N) is 2. The van der Waals surface area contributed by atoms with E-state index < -0.39 is 6.04 Å². The van der Waals surface area contributed by atoms with Crippen LogP contribution in [0.1, 0.15) is 181 Å². The number of hydrogen-bond acceptors (Lipinski definition) is 6. The molecule has 1 saturated heterocycles. The van der Waals surface area contributed by atoms with Gasteiger partial charge in [-0.05, 0) is 70.6 Å². The van der Waals surface area contributed by atoms with Gasteiger partial charge >= 0.3 is 5.97 Å². The third-order valence-corrected chi connectivity index (χ3v) is 9.71. The van der Waals surface area contributed by atoms with E-state index in [-0.39, 0.29) is 18.4 Å². The van der Waals surface area contributed by atoms with Crippen LogP contribution in [-0.2, 0) is 14.3 Å². The van der Waals surface area contributed by atoms with Gasteiger partial charge in [0.25, 0.3) is 0 Å². The second-order valence-electron chi connectivity index (χ2n) is 14.3. The van der Waals surface area contributed by atoms with Gasteiger partial charge in [0.15, 0.2) is 5.78 Å². The lowest BCUT2D eigenvalue weighted by atomic mass is 10.0. The fourth-order valence-electron chi connectivity index (χ4n) is 6.37. The smallest absolute Gasteiger partial charge is 0.305 e. The number of piperazine rings is 1. The van der Waals surface area contributed by atoms with Crippen molar-refractivity contribution in [3.63, 3.8) is 0 Å². The zero-order chi connectivity index (χ0) is 38.2. The maximum Gasteiger partial charge on any atom is 0.305 e. The highest BCUT2D eigenvalue weighted by molar-refractivity contribution is 5.84. The molecular weight excluding hydrogens is 645 g/mol. The molecule has 1 N–H and O–H groups in total. The van der Waals surface area contributed by atoms with E-state index in [4.69, 9.17) is 4.74 Å². The zero-order valence-corrected chi connectivity index (χ0v) is 34.1. The molecule has 0 spiro atoms. The number of unbranched alkanes of at least 4 members (excludes halogenated alkanes) is 18. The molecule has 300 valence electrons. The van der Waals surface area contributed by atoms with Crippen LogP contribution in [0, 0.1) is 0 Å². The highest BCUT2D eigenvalue weighted by atomic mass is 16.5. The van der Waals surface area contributed by atoms with Crippen LogP contribution < -0.4 is 0 Å². The van der Waals surface area contributed by atoms with E-state index in [9.17, 15) is 14.8 Å². The average molecular weight is 727 g/mol. The SMILES string of the molecule is C=C.CCCC/C=C\C/C=C\CCCCCCCCC(=O)OCC(C(=O)CCCCCCCCC/C=C\C/C=C\CCCCC)N1CCN(O)CC1. The van der Waals surface area contributed by atoms with E-state index in [0.717, 1.165) is 51.4 Å². The third-order valence-electron chi connectivity index (χ3n) is 9.71. The highest BCUT2D eigenvalue weighted by Crippen LogP contribution is 2.15. The molecule has 0 saturated carbocycles. The van der Waals surface area contributed by atoms with Crippen molar-refractivity contribution in [3.05, 3.63) is 61.8 Å². The Balaban J connectivity index is 0.0000128. The first kappa shape index (κ1) is 49.7. The molecule has 0 radical (unpaired) electrons. The molecule has 6 heteroatoms. The highest BCUT2D eigenvalue weighted by Gasteiger charge is 2.29. The van der Waals surface area contributed by atoms with Crippen molar-refractivity contribution in [1.29, 1.82) is 0 Å². The number of ketones is 1. The molecule has 0 aromatic heterocycles. The first-order valence-electron chi connectivity index (χ1n) is 21.5. The second kappa shape index (κ2) is 39.9. The summed E-state index contributed by atoms with van der Waals surface area (Å²) in [6.45, 7) is 12.9. The minimum Gasteiger partial charge on any atom is -0.464 e. The molecule has 6 nitrogen and oxygen atoms in total. The number of carbonyl (C=O) groups excluding carboxylic acids is 2. The van der Waals surface area contributed by atoms with Crippen molar-refractivity contribution in [3.8, 4) is 0 Å². The summed E-state index contributed by atoms with van der Waals surface area (Å²) < 4.78 is 5.66. The first-order valence-corrected chi connectivity index (χ1v) is 21.5. The summed E-state index contributed by atoms with van der Waals surface area (Å²) in [5.41, 5.74) is 0. The molecule has 1 unspecified atom stereocenters. The van der Waals surface area contributed by atoms with Gasteiger partial charge in [0, 0.05) is 39.0 Å². The van der Waals surface area contributed by atoms with Crippen LogP contribution in [0.25, 0.3) is 0 Å².